The third-order valence-corrected chi connectivity index (χ3v) is 9.85. The van der Waals surface area contributed by atoms with Crippen LogP contribution in [0.25, 0.3) is 5.76 Å². The number of hydrogen-bond donors (Lipinski definition) is 1. The lowest BCUT2D eigenvalue weighted by atomic mass is 9.82. The van der Waals surface area contributed by atoms with Gasteiger partial charge in [-0.2, -0.15) is 4.31 Å². The van der Waals surface area contributed by atoms with Gasteiger partial charge in [0.05, 0.1) is 16.2 Å². The second kappa shape index (κ2) is 10.9. The van der Waals surface area contributed by atoms with Gasteiger partial charge < -0.3 is 19.8 Å². The summed E-state index contributed by atoms with van der Waals surface area (Å²) in [6.45, 7) is 5.52. The van der Waals surface area contributed by atoms with Crippen LogP contribution in [-0.4, -0.2) is 92.0 Å². The Morgan fingerprint density at radius 2 is 1.71 bits per heavy atom. The maximum absolute atomic E-state index is 14.3. The predicted octanol–water partition coefficient (Wildman–Crippen LogP) is 2.53. The lowest BCUT2D eigenvalue weighted by Crippen LogP contribution is -2.52. The summed E-state index contributed by atoms with van der Waals surface area (Å²) in [5, 5.41) is 11.7. The fourth-order valence-corrected chi connectivity index (χ4v) is 7.55. The van der Waals surface area contributed by atoms with Crippen LogP contribution in [0.1, 0.15) is 30.4 Å². The number of amides is 2. The van der Waals surface area contributed by atoms with E-state index in [1.807, 2.05) is 19.0 Å². The first kappa shape index (κ1) is 28.7. The molecule has 216 valence electrons. The van der Waals surface area contributed by atoms with Crippen LogP contribution in [0.15, 0.2) is 71.7 Å². The molecule has 11 heteroatoms. The first-order valence-corrected chi connectivity index (χ1v) is 15.1. The van der Waals surface area contributed by atoms with Crippen LogP contribution in [-0.2, 0) is 29.9 Å². The van der Waals surface area contributed by atoms with Crippen molar-refractivity contribution >= 4 is 39.1 Å². The van der Waals surface area contributed by atoms with Gasteiger partial charge in [0.25, 0.3) is 17.6 Å². The summed E-state index contributed by atoms with van der Waals surface area (Å²) in [5.41, 5.74) is -1.12. The average molecular weight is 579 g/mol. The third-order valence-electron chi connectivity index (χ3n) is 7.94. The molecule has 2 fully saturated rings. The van der Waals surface area contributed by atoms with Crippen molar-refractivity contribution in [1.29, 1.82) is 0 Å². The zero-order valence-corrected chi connectivity index (χ0v) is 24.1. The van der Waals surface area contributed by atoms with E-state index >= 15 is 0 Å². The van der Waals surface area contributed by atoms with Crippen LogP contribution >= 0.6 is 0 Å². The Hall–Kier alpha value is -3.80. The maximum Gasteiger partial charge on any atom is 0.296 e. The van der Waals surface area contributed by atoms with Crippen LogP contribution in [0.5, 0.6) is 0 Å². The first-order chi connectivity index (χ1) is 19.6. The van der Waals surface area contributed by atoms with Crippen LogP contribution in [0.4, 0.5) is 5.69 Å². The van der Waals surface area contributed by atoms with E-state index < -0.39 is 38.9 Å². The van der Waals surface area contributed by atoms with Gasteiger partial charge in [0.15, 0.2) is 5.54 Å². The van der Waals surface area contributed by atoms with Gasteiger partial charge in [-0.1, -0.05) is 24.3 Å². The summed E-state index contributed by atoms with van der Waals surface area (Å²) >= 11 is 0. The molecule has 0 radical (unpaired) electrons. The van der Waals surface area contributed by atoms with Crippen molar-refractivity contribution < 1.29 is 27.9 Å². The summed E-state index contributed by atoms with van der Waals surface area (Å²) < 4.78 is 27.5. The third kappa shape index (κ3) is 4.48. The molecule has 10 nitrogen and oxygen atoms in total. The molecule has 1 spiro atoms. The molecule has 0 aliphatic carbocycles. The van der Waals surface area contributed by atoms with Crippen molar-refractivity contribution in [1.82, 2.24) is 14.1 Å². The van der Waals surface area contributed by atoms with Gasteiger partial charge in [0.1, 0.15) is 5.76 Å². The number of fused-ring (bicyclic) bond motifs is 2. The molecule has 1 N–H and O–H groups in total. The number of benzene rings is 2. The Kier molecular flexibility index (Phi) is 7.62. The highest BCUT2D eigenvalue weighted by molar-refractivity contribution is 7.89. The number of para-hydroxylation sites is 1. The van der Waals surface area contributed by atoms with Crippen molar-refractivity contribution in [3.05, 3.63) is 77.9 Å². The molecule has 3 heterocycles. The van der Waals surface area contributed by atoms with E-state index in [-0.39, 0.29) is 29.1 Å². The standard InChI is InChI=1S/C30H34N4O6S/c1-4-16-33-24-11-6-5-10-23(24)30(29(33)38)25(27(36)28(37)34(30)20-9-17-31(2)3)26(35)21-12-14-22(15-13-21)41(39,40)32-18-7-8-19-32/h4-6,10-15,35H,1,7-9,16-20H2,2-3H3/t30-/m0/s1. The first-order valence-electron chi connectivity index (χ1n) is 13.6. The molecule has 0 saturated carbocycles. The van der Waals surface area contributed by atoms with Crippen molar-refractivity contribution in [2.24, 2.45) is 0 Å². The number of sulfonamides is 1. The van der Waals surface area contributed by atoms with Crippen LogP contribution in [0.2, 0.25) is 0 Å². The number of Topliss-reactive ketones (excluding diaryl/α,β-unsaturated/α-hetero) is 1. The van der Waals surface area contributed by atoms with E-state index in [0.717, 1.165) is 12.8 Å². The van der Waals surface area contributed by atoms with Crippen molar-refractivity contribution in [2.75, 3.05) is 51.7 Å². The Balaban J connectivity index is 1.67. The highest BCUT2D eigenvalue weighted by atomic mass is 32.2. The van der Waals surface area contributed by atoms with Gasteiger partial charge in [-0.3, -0.25) is 14.4 Å². The normalized spacial score (nSPS) is 22.4. The summed E-state index contributed by atoms with van der Waals surface area (Å²) in [7, 11) is 0.0782. The van der Waals surface area contributed by atoms with E-state index in [2.05, 4.69) is 6.58 Å². The summed E-state index contributed by atoms with van der Waals surface area (Å²) in [5.74, 6) is -2.91. The maximum atomic E-state index is 14.3. The van der Waals surface area contributed by atoms with E-state index in [1.165, 1.54) is 38.4 Å². The van der Waals surface area contributed by atoms with Gasteiger partial charge in [0, 0.05) is 37.3 Å². The predicted molar refractivity (Wildman–Crippen MR) is 155 cm³/mol. The largest absolute Gasteiger partial charge is 0.507 e. The molecule has 0 unspecified atom stereocenters. The second-order valence-corrected chi connectivity index (χ2v) is 12.7. The number of aliphatic hydroxyl groups excluding tert-OH is 1. The SMILES string of the molecule is C=CCN1C(=O)[C@@]2(C(=C(O)c3ccc(S(=O)(=O)N4CCCC4)cc3)C(=O)C(=O)N2CCCN(C)C)c2ccccc21. The van der Waals surface area contributed by atoms with Gasteiger partial charge in [-0.15, -0.1) is 6.58 Å². The van der Waals surface area contributed by atoms with E-state index in [0.29, 0.717) is 37.3 Å². The van der Waals surface area contributed by atoms with Gasteiger partial charge in [0.2, 0.25) is 10.0 Å². The Morgan fingerprint density at radius 1 is 1.05 bits per heavy atom. The number of likely N-dealkylation sites (tertiary alicyclic amines) is 1. The smallest absolute Gasteiger partial charge is 0.296 e. The molecular formula is C30H34N4O6S. The summed E-state index contributed by atoms with van der Waals surface area (Å²) in [6.07, 6.45) is 3.64. The minimum atomic E-state index is -3.70. The molecule has 2 amide bonds. The van der Waals surface area contributed by atoms with E-state index in [4.69, 9.17) is 0 Å². The zero-order chi connectivity index (χ0) is 29.5. The number of hydrogen-bond acceptors (Lipinski definition) is 7. The number of anilines is 1. The fraction of sp³-hybridized carbons (Fsp3) is 0.367. The molecule has 1 atom stereocenters. The topological polar surface area (TPSA) is 119 Å². The summed E-state index contributed by atoms with van der Waals surface area (Å²) in [4.78, 5) is 46.4. The van der Waals surface area contributed by atoms with Crippen LogP contribution < -0.4 is 4.90 Å². The van der Waals surface area contributed by atoms with Crippen LogP contribution in [0.3, 0.4) is 0 Å². The van der Waals surface area contributed by atoms with Crippen LogP contribution in [0, 0.1) is 0 Å². The minimum absolute atomic E-state index is 0.0641. The van der Waals surface area contributed by atoms with E-state index in [9.17, 15) is 27.9 Å². The molecule has 3 aliphatic heterocycles. The molecule has 2 saturated heterocycles. The van der Waals surface area contributed by atoms with E-state index in [1.54, 1.807) is 30.3 Å². The van der Waals surface area contributed by atoms with Crippen molar-refractivity contribution in [2.45, 2.75) is 29.7 Å². The molecule has 0 bridgehead atoms. The molecule has 3 aliphatic rings. The highest BCUT2D eigenvalue weighted by Gasteiger charge is 2.66. The van der Waals surface area contributed by atoms with Crippen molar-refractivity contribution in [3.8, 4) is 0 Å². The molecule has 2 aromatic rings. The number of carbonyl (C=O) groups is 3. The molecule has 2 aromatic carbocycles. The lowest BCUT2D eigenvalue weighted by Gasteiger charge is -2.34. The monoisotopic (exact) mass is 578 g/mol. The Bertz CT molecular complexity index is 1540. The summed E-state index contributed by atoms with van der Waals surface area (Å²) in [6, 6.07) is 12.5. The molecule has 41 heavy (non-hydrogen) atoms. The number of rotatable bonds is 9. The van der Waals surface area contributed by atoms with Gasteiger partial charge >= 0.3 is 0 Å². The fourth-order valence-electron chi connectivity index (χ4n) is 6.03. The number of ketones is 1. The number of carbonyl (C=O) groups excluding carboxylic acids is 3. The molecule has 5 rings (SSSR count). The quantitative estimate of drug-likeness (QED) is 0.210. The lowest BCUT2D eigenvalue weighted by molar-refractivity contribution is -0.143. The Labute approximate surface area is 240 Å². The Morgan fingerprint density at radius 3 is 2.34 bits per heavy atom. The molecular weight excluding hydrogens is 544 g/mol. The van der Waals surface area contributed by atoms with Crippen molar-refractivity contribution in [3.63, 3.8) is 0 Å². The number of nitrogens with zero attached hydrogens (tertiary/aromatic N) is 4. The zero-order valence-electron chi connectivity index (χ0n) is 23.2. The minimum Gasteiger partial charge on any atom is -0.507 e. The van der Waals surface area contributed by atoms with Gasteiger partial charge in [-0.25, -0.2) is 8.42 Å². The second-order valence-electron chi connectivity index (χ2n) is 10.7. The highest BCUT2D eigenvalue weighted by Crippen LogP contribution is 2.53. The average Bonchev–Trinajstić information content (AvgIpc) is 3.64. The molecule has 0 aromatic heterocycles. The number of aliphatic hydroxyl groups is 1. The van der Waals surface area contributed by atoms with Gasteiger partial charge in [-0.05, 0) is 70.2 Å².